The second-order valence-electron chi connectivity index (χ2n) is 6.42. The molecule has 1 aliphatic heterocycles. The summed E-state index contributed by atoms with van der Waals surface area (Å²) >= 11 is 0. The van der Waals surface area contributed by atoms with Crippen molar-refractivity contribution in [2.75, 3.05) is 46.4 Å². The number of carbonyl (C=O) groups excluding carboxylic acids is 1. The average Bonchev–Trinajstić information content (AvgIpc) is 2.47. The molecule has 0 bridgehead atoms. The number of ether oxygens (including phenoxy) is 1. The number of carbonyl (C=O) groups is 1. The molecule has 1 N–H and O–H groups in total. The van der Waals surface area contributed by atoms with Gasteiger partial charge in [-0.25, -0.2) is 8.78 Å². The molecule has 0 radical (unpaired) electrons. The molecule has 1 aliphatic carbocycles. The predicted octanol–water partition coefficient (Wildman–Crippen LogP) is 0.963. The van der Waals surface area contributed by atoms with Crippen LogP contribution in [0.2, 0.25) is 0 Å². The molecule has 1 saturated heterocycles. The Kier molecular flexibility index (Phi) is 6.11. The minimum atomic E-state index is -2.62. The van der Waals surface area contributed by atoms with Crippen molar-refractivity contribution in [3.8, 4) is 0 Å². The number of aliphatic hydroxyl groups is 1. The van der Waals surface area contributed by atoms with Crippen molar-refractivity contribution in [3.63, 3.8) is 0 Å². The lowest BCUT2D eigenvalue weighted by Gasteiger charge is -2.33. The summed E-state index contributed by atoms with van der Waals surface area (Å²) in [6.45, 7) is 3.64. The lowest BCUT2D eigenvalue weighted by atomic mass is 9.86. The molecule has 1 amide bonds. The fourth-order valence-corrected chi connectivity index (χ4v) is 3.14. The van der Waals surface area contributed by atoms with Crippen molar-refractivity contribution in [1.82, 2.24) is 9.80 Å². The Morgan fingerprint density at radius 3 is 2.55 bits per heavy atom. The van der Waals surface area contributed by atoms with Crippen molar-refractivity contribution in [2.24, 2.45) is 5.92 Å². The maximum Gasteiger partial charge on any atom is 0.248 e. The van der Waals surface area contributed by atoms with Gasteiger partial charge in [-0.15, -0.1) is 0 Å². The van der Waals surface area contributed by atoms with E-state index in [-0.39, 0.29) is 44.1 Å². The molecule has 5 nitrogen and oxygen atoms in total. The van der Waals surface area contributed by atoms with E-state index in [1.165, 1.54) is 4.90 Å². The van der Waals surface area contributed by atoms with Crippen molar-refractivity contribution in [2.45, 2.75) is 37.7 Å². The normalized spacial score (nSPS) is 24.9. The lowest BCUT2D eigenvalue weighted by Crippen LogP contribution is -2.46. The summed E-state index contributed by atoms with van der Waals surface area (Å²) in [4.78, 5) is 15.9. The molecule has 1 saturated carbocycles. The molecule has 1 heterocycles. The van der Waals surface area contributed by atoms with Gasteiger partial charge in [-0.2, -0.15) is 0 Å². The maximum absolute atomic E-state index is 13.1. The topological polar surface area (TPSA) is 53.0 Å². The van der Waals surface area contributed by atoms with Gasteiger partial charge < -0.3 is 14.7 Å². The number of hydrogen-bond acceptors (Lipinski definition) is 4. The Hall–Kier alpha value is -0.790. The Bertz CT molecular complexity index is 366. The number of alkyl halides is 2. The number of morpholine rings is 1. The van der Waals surface area contributed by atoms with Crippen molar-refractivity contribution >= 4 is 5.91 Å². The Morgan fingerprint density at radius 1 is 1.36 bits per heavy atom. The molecule has 2 fully saturated rings. The number of halogens is 2. The molecular formula is C15H26F2N2O3. The third kappa shape index (κ3) is 5.14. The predicted molar refractivity (Wildman–Crippen MR) is 77.8 cm³/mol. The molecule has 0 aromatic rings. The minimum absolute atomic E-state index is 0.128. The summed E-state index contributed by atoms with van der Waals surface area (Å²) in [6, 6.07) is 0. The Morgan fingerprint density at radius 2 is 1.95 bits per heavy atom. The highest BCUT2D eigenvalue weighted by molar-refractivity contribution is 5.78. The number of hydrogen-bond donors (Lipinski definition) is 1. The molecule has 2 rings (SSSR count). The highest BCUT2D eigenvalue weighted by Gasteiger charge is 2.38. The van der Waals surface area contributed by atoms with Gasteiger partial charge in [0.2, 0.25) is 11.8 Å². The summed E-state index contributed by atoms with van der Waals surface area (Å²) in [7, 11) is 1.64. The monoisotopic (exact) mass is 320 g/mol. The Labute approximate surface area is 130 Å². The molecular weight excluding hydrogens is 294 g/mol. The van der Waals surface area contributed by atoms with Gasteiger partial charge in [-0.1, -0.05) is 0 Å². The van der Waals surface area contributed by atoms with Crippen LogP contribution in [0.1, 0.15) is 25.7 Å². The van der Waals surface area contributed by atoms with E-state index in [0.29, 0.717) is 19.8 Å². The zero-order chi connectivity index (χ0) is 16.2. The largest absolute Gasteiger partial charge is 0.390 e. The summed E-state index contributed by atoms with van der Waals surface area (Å²) in [5, 5.41) is 10.1. The van der Waals surface area contributed by atoms with E-state index < -0.39 is 12.0 Å². The SMILES string of the molecule is CN(CC(O)CN1CCOCC1)C(=O)C1CCC(F)(F)CC1. The molecule has 2 aliphatic rings. The van der Waals surface area contributed by atoms with Gasteiger partial charge >= 0.3 is 0 Å². The first-order valence-corrected chi connectivity index (χ1v) is 7.98. The number of β-amino-alcohol motifs (C(OH)–C–C–N with tert-alkyl or cyclic N) is 1. The number of aliphatic hydroxyl groups excluding tert-OH is 1. The number of likely N-dealkylation sites (N-methyl/N-ethyl adjacent to an activating group) is 1. The van der Waals surface area contributed by atoms with Crippen LogP contribution in [-0.4, -0.2) is 79.3 Å². The summed E-state index contributed by atoms with van der Waals surface area (Å²) in [6.07, 6.45) is -0.593. The van der Waals surface area contributed by atoms with E-state index in [4.69, 9.17) is 4.74 Å². The van der Waals surface area contributed by atoms with E-state index in [0.717, 1.165) is 13.1 Å². The van der Waals surface area contributed by atoms with Crippen molar-refractivity contribution in [3.05, 3.63) is 0 Å². The standard InChI is InChI=1S/C15H26F2N2O3/c1-18(10-13(20)11-19-6-8-22-9-7-19)14(21)12-2-4-15(16,17)5-3-12/h12-13,20H,2-11H2,1H3. The van der Waals surface area contributed by atoms with Crippen LogP contribution in [0, 0.1) is 5.92 Å². The highest BCUT2D eigenvalue weighted by atomic mass is 19.3. The van der Waals surface area contributed by atoms with Crippen molar-refractivity contribution < 1.29 is 23.4 Å². The molecule has 128 valence electrons. The van der Waals surface area contributed by atoms with E-state index >= 15 is 0 Å². The summed E-state index contributed by atoms with van der Waals surface area (Å²) in [5.41, 5.74) is 0. The van der Waals surface area contributed by atoms with Crippen LogP contribution < -0.4 is 0 Å². The van der Waals surface area contributed by atoms with E-state index in [1.54, 1.807) is 7.05 Å². The van der Waals surface area contributed by atoms with Gasteiger partial charge in [0.25, 0.3) is 0 Å². The van der Waals surface area contributed by atoms with Gasteiger partial charge in [-0.05, 0) is 12.8 Å². The first-order valence-electron chi connectivity index (χ1n) is 7.98. The van der Waals surface area contributed by atoms with Gasteiger partial charge in [-0.3, -0.25) is 9.69 Å². The van der Waals surface area contributed by atoms with Gasteiger partial charge in [0.05, 0.1) is 19.3 Å². The third-order valence-electron chi connectivity index (χ3n) is 4.50. The maximum atomic E-state index is 13.1. The van der Waals surface area contributed by atoms with Crippen LogP contribution in [0.25, 0.3) is 0 Å². The Balaban J connectivity index is 1.73. The fraction of sp³-hybridized carbons (Fsp3) is 0.933. The molecule has 1 atom stereocenters. The zero-order valence-electron chi connectivity index (χ0n) is 13.1. The summed E-state index contributed by atoms with van der Waals surface area (Å²) in [5.74, 6) is -3.08. The summed E-state index contributed by atoms with van der Waals surface area (Å²) < 4.78 is 31.5. The molecule has 1 unspecified atom stereocenters. The van der Waals surface area contributed by atoms with Crippen LogP contribution in [0.4, 0.5) is 8.78 Å². The minimum Gasteiger partial charge on any atom is -0.390 e. The molecule has 22 heavy (non-hydrogen) atoms. The number of amides is 1. The van der Waals surface area contributed by atoms with E-state index in [1.807, 2.05) is 0 Å². The van der Waals surface area contributed by atoms with Crippen LogP contribution in [-0.2, 0) is 9.53 Å². The van der Waals surface area contributed by atoms with E-state index in [2.05, 4.69) is 4.90 Å². The van der Waals surface area contributed by atoms with Crippen LogP contribution >= 0.6 is 0 Å². The van der Waals surface area contributed by atoms with Gasteiger partial charge in [0, 0.05) is 52.0 Å². The van der Waals surface area contributed by atoms with Crippen LogP contribution in [0.15, 0.2) is 0 Å². The molecule has 0 spiro atoms. The zero-order valence-corrected chi connectivity index (χ0v) is 13.1. The number of nitrogens with zero attached hydrogens (tertiary/aromatic N) is 2. The van der Waals surface area contributed by atoms with Crippen molar-refractivity contribution in [1.29, 1.82) is 0 Å². The first-order chi connectivity index (χ1) is 10.4. The smallest absolute Gasteiger partial charge is 0.248 e. The lowest BCUT2D eigenvalue weighted by molar-refractivity contribution is -0.139. The molecule has 0 aromatic carbocycles. The molecule has 7 heteroatoms. The first kappa shape index (κ1) is 17.6. The van der Waals surface area contributed by atoms with Crippen LogP contribution in [0.3, 0.4) is 0 Å². The van der Waals surface area contributed by atoms with Crippen LogP contribution in [0.5, 0.6) is 0 Å². The fourth-order valence-electron chi connectivity index (χ4n) is 3.14. The quantitative estimate of drug-likeness (QED) is 0.820. The van der Waals surface area contributed by atoms with Gasteiger partial charge in [0.15, 0.2) is 0 Å². The van der Waals surface area contributed by atoms with E-state index in [9.17, 15) is 18.7 Å². The third-order valence-corrected chi connectivity index (χ3v) is 4.50. The average molecular weight is 320 g/mol. The second kappa shape index (κ2) is 7.66. The highest BCUT2D eigenvalue weighted by Crippen LogP contribution is 2.36. The van der Waals surface area contributed by atoms with Gasteiger partial charge in [0.1, 0.15) is 0 Å². The second-order valence-corrected chi connectivity index (χ2v) is 6.42. The number of rotatable bonds is 5. The molecule has 0 aromatic heterocycles.